The number of ether oxygens (including phenoxy) is 1. The Kier molecular flexibility index (Phi) is 4.09. The molecule has 0 aliphatic carbocycles. The first kappa shape index (κ1) is 13.0. The third kappa shape index (κ3) is 4.14. The molecule has 0 unspecified atom stereocenters. The van der Waals surface area contributed by atoms with Crippen molar-refractivity contribution in [2.24, 2.45) is 0 Å². The lowest BCUT2D eigenvalue weighted by atomic mass is 10.1. The highest BCUT2D eigenvalue weighted by atomic mass is 16.5. The number of amides is 1. The van der Waals surface area contributed by atoms with Gasteiger partial charge in [0.05, 0.1) is 0 Å². The number of aliphatic carboxylic acids is 1. The standard InChI is InChI=1S/C12H15NO4/c1-12(2,11(15)16)13-10(14)8-17-9-6-4-3-5-7-9/h3-7H,8H2,1-2H3,(H,13,14)(H,15,16). The minimum atomic E-state index is -1.29. The topological polar surface area (TPSA) is 75.6 Å². The fraction of sp³-hybridized carbons (Fsp3) is 0.333. The maximum Gasteiger partial charge on any atom is 0.328 e. The van der Waals surface area contributed by atoms with Gasteiger partial charge in [-0.1, -0.05) is 18.2 Å². The van der Waals surface area contributed by atoms with Crippen LogP contribution in [0.15, 0.2) is 30.3 Å². The number of rotatable bonds is 5. The zero-order valence-electron chi connectivity index (χ0n) is 9.77. The normalized spacial score (nSPS) is 10.7. The average Bonchev–Trinajstić information content (AvgIpc) is 2.27. The monoisotopic (exact) mass is 237 g/mol. The predicted molar refractivity (Wildman–Crippen MR) is 61.8 cm³/mol. The van der Waals surface area contributed by atoms with Crippen LogP contribution in [-0.2, 0) is 9.59 Å². The van der Waals surface area contributed by atoms with E-state index in [1.807, 2.05) is 6.07 Å². The molecule has 1 rings (SSSR count). The van der Waals surface area contributed by atoms with E-state index < -0.39 is 17.4 Å². The maximum absolute atomic E-state index is 11.4. The quantitative estimate of drug-likeness (QED) is 0.802. The van der Waals surface area contributed by atoms with Crippen LogP contribution < -0.4 is 10.1 Å². The van der Waals surface area contributed by atoms with Gasteiger partial charge in [0.25, 0.3) is 5.91 Å². The number of carboxylic acids is 1. The highest BCUT2D eigenvalue weighted by Gasteiger charge is 2.28. The second kappa shape index (κ2) is 5.34. The molecule has 0 radical (unpaired) electrons. The van der Waals surface area contributed by atoms with Crippen molar-refractivity contribution in [3.05, 3.63) is 30.3 Å². The van der Waals surface area contributed by atoms with Crippen molar-refractivity contribution in [1.82, 2.24) is 5.32 Å². The van der Waals surface area contributed by atoms with Crippen molar-refractivity contribution in [2.75, 3.05) is 6.61 Å². The van der Waals surface area contributed by atoms with E-state index in [0.29, 0.717) is 5.75 Å². The van der Waals surface area contributed by atoms with Gasteiger partial charge < -0.3 is 15.2 Å². The molecule has 92 valence electrons. The Morgan fingerprint density at radius 1 is 1.29 bits per heavy atom. The molecule has 0 saturated carbocycles. The van der Waals surface area contributed by atoms with E-state index in [-0.39, 0.29) is 6.61 Å². The summed E-state index contributed by atoms with van der Waals surface area (Å²) in [5.41, 5.74) is -1.29. The Balaban J connectivity index is 2.44. The first-order valence-electron chi connectivity index (χ1n) is 5.14. The molecule has 0 atom stereocenters. The Bertz CT molecular complexity index is 400. The smallest absolute Gasteiger partial charge is 0.328 e. The number of hydrogen-bond donors (Lipinski definition) is 2. The third-order valence-corrected chi connectivity index (χ3v) is 2.10. The molecule has 0 heterocycles. The third-order valence-electron chi connectivity index (χ3n) is 2.10. The lowest BCUT2D eigenvalue weighted by molar-refractivity contribution is -0.146. The van der Waals surface area contributed by atoms with Crippen molar-refractivity contribution in [3.8, 4) is 5.75 Å². The molecule has 0 aromatic heterocycles. The zero-order valence-corrected chi connectivity index (χ0v) is 9.77. The van der Waals surface area contributed by atoms with Gasteiger partial charge in [-0.15, -0.1) is 0 Å². The van der Waals surface area contributed by atoms with Crippen molar-refractivity contribution in [2.45, 2.75) is 19.4 Å². The molecule has 2 N–H and O–H groups in total. The number of carboxylic acid groups (broad SMARTS) is 1. The van der Waals surface area contributed by atoms with Gasteiger partial charge in [0, 0.05) is 0 Å². The summed E-state index contributed by atoms with van der Waals surface area (Å²) >= 11 is 0. The molecule has 0 spiro atoms. The number of para-hydroxylation sites is 1. The predicted octanol–water partition coefficient (Wildman–Crippen LogP) is 1.04. The van der Waals surface area contributed by atoms with E-state index in [0.717, 1.165) is 0 Å². The second-order valence-corrected chi connectivity index (χ2v) is 4.08. The van der Waals surface area contributed by atoms with Crippen molar-refractivity contribution < 1.29 is 19.4 Å². The van der Waals surface area contributed by atoms with Crippen molar-refractivity contribution >= 4 is 11.9 Å². The minimum absolute atomic E-state index is 0.208. The van der Waals surface area contributed by atoms with Crippen LogP contribution in [-0.4, -0.2) is 29.1 Å². The lowest BCUT2D eigenvalue weighted by Gasteiger charge is -2.20. The van der Waals surface area contributed by atoms with Crippen LogP contribution in [0.25, 0.3) is 0 Å². The molecule has 1 amide bonds. The summed E-state index contributed by atoms with van der Waals surface area (Å²) in [6.45, 7) is 2.62. The zero-order chi connectivity index (χ0) is 12.9. The van der Waals surface area contributed by atoms with Gasteiger partial charge in [-0.05, 0) is 26.0 Å². The highest BCUT2D eigenvalue weighted by Crippen LogP contribution is 2.08. The van der Waals surface area contributed by atoms with E-state index in [4.69, 9.17) is 9.84 Å². The van der Waals surface area contributed by atoms with E-state index in [2.05, 4.69) is 5.32 Å². The minimum Gasteiger partial charge on any atom is -0.484 e. The molecular formula is C12H15NO4. The Morgan fingerprint density at radius 3 is 2.41 bits per heavy atom. The van der Waals surface area contributed by atoms with E-state index in [9.17, 15) is 9.59 Å². The molecule has 0 fully saturated rings. The van der Waals surface area contributed by atoms with Crippen LogP contribution in [0, 0.1) is 0 Å². The van der Waals surface area contributed by atoms with Crippen LogP contribution in [0.3, 0.4) is 0 Å². The first-order chi connectivity index (χ1) is 7.92. The van der Waals surface area contributed by atoms with Gasteiger partial charge in [-0.2, -0.15) is 0 Å². The number of nitrogens with one attached hydrogen (secondary N) is 1. The Hall–Kier alpha value is -2.04. The molecule has 1 aromatic rings. The van der Waals surface area contributed by atoms with Crippen molar-refractivity contribution in [3.63, 3.8) is 0 Å². The molecule has 5 nitrogen and oxygen atoms in total. The van der Waals surface area contributed by atoms with Crippen LogP contribution >= 0.6 is 0 Å². The lowest BCUT2D eigenvalue weighted by Crippen LogP contribution is -2.51. The Labute approximate surface area is 99.4 Å². The number of carbonyl (C=O) groups is 2. The van der Waals surface area contributed by atoms with E-state index in [1.165, 1.54) is 13.8 Å². The van der Waals surface area contributed by atoms with Gasteiger partial charge in [0.1, 0.15) is 11.3 Å². The van der Waals surface area contributed by atoms with Gasteiger partial charge in [0.2, 0.25) is 0 Å². The SMILES string of the molecule is CC(C)(NC(=O)COc1ccccc1)C(=O)O. The van der Waals surface area contributed by atoms with Crippen LogP contribution in [0.5, 0.6) is 5.75 Å². The molecule has 1 aromatic carbocycles. The fourth-order valence-corrected chi connectivity index (χ4v) is 1.10. The van der Waals surface area contributed by atoms with Gasteiger partial charge >= 0.3 is 5.97 Å². The molecule has 5 heteroatoms. The molecule has 0 saturated heterocycles. The van der Waals surface area contributed by atoms with E-state index in [1.54, 1.807) is 24.3 Å². The van der Waals surface area contributed by atoms with Gasteiger partial charge in [0.15, 0.2) is 6.61 Å². The molecule has 0 aliphatic rings. The highest BCUT2D eigenvalue weighted by molar-refractivity contribution is 5.86. The Morgan fingerprint density at radius 2 is 1.88 bits per heavy atom. The molecular weight excluding hydrogens is 222 g/mol. The summed E-state index contributed by atoms with van der Waals surface area (Å²) in [6.07, 6.45) is 0. The number of benzene rings is 1. The fourth-order valence-electron chi connectivity index (χ4n) is 1.10. The molecule has 17 heavy (non-hydrogen) atoms. The largest absolute Gasteiger partial charge is 0.484 e. The van der Waals surface area contributed by atoms with Crippen LogP contribution in [0.4, 0.5) is 0 Å². The van der Waals surface area contributed by atoms with Crippen LogP contribution in [0.1, 0.15) is 13.8 Å². The summed E-state index contributed by atoms with van der Waals surface area (Å²) < 4.78 is 5.19. The van der Waals surface area contributed by atoms with Gasteiger partial charge in [-0.25, -0.2) is 4.79 Å². The second-order valence-electron chi connectivity index (χ2n) is 4.08. The van der Waals surface area contributed by atoms with Crippen molar-refractivity contribution in [1.29, 1.82) is 0 Å². The summed E-state index contributed by atoms with van der Waals surface area (Å²) in [5.74, 6) is -0.998. The number of hydrogen-bond acceptors (Lipinski definition) is 3. The van der Waals surface area contributed by atoms with Gasteiger partial charge in [-0.3, -0.25) is 4.79 Å². The summed E-state index contributed by atoms with van der Waals surface area (Å²) in [6, 6.07) is 8.84. The molecule has 0 bridgehead atoms. The van der Waals surface area contributed by atoms with Crippen LogP contribution in [0.2, 0.25) is 0 Å². The summed E-state index contributed by atoms with van der Waals surface area (Å²) in [7, 11) is 0. The first-order valence-corrected chi connectivity index (χ1v) is 5.14. The summed E-state index contributed by atoms with van der Waals surface area (Å²) in [4.78, 5) is 22.2. The number of carbonyl (C=O) groups excluding carboxylic acids is 1. The average molecular weight is 237 g/mol. The maximum atomic E-state index is 11.4. The van der Waals surface area contributed by atoms with E-state index >= 15 is 0 Å². The summed E-state index contributed by atoms with van der Waals surface area (Å²) in [5, 5.41) is 11.2. The molecule has 0 aliphatic heterocycles.